The van der Waals surface area contributed by atoms with E-state index in [1.54, 1.807) is 12.1 Å². The van der Waals surface area contributed by atoms with Gasteiger partial charge in [-0.15, -0.1) is 0 Å². The molecule has 0 heterocycles. The third-order valence-corrected chi connectivity index (χ3v) is 2.20. The van der Waals surface area contributed by atoms with Gasteiger partial charge in [-0.25, -0.2) is 0 Å². The van der Waals surface area contributed by atoms with Crippen LogP contribution in [0.25, 0.3) is 0 Å². The number of alkyl halides is 3. The molecule has 2 nitrogen and oxygen atoms in total. The van der Waals surface area contributed by atoms with Crippen molar-refractivity contribution in [2.45, 2.75) is 16.9 Å². The number of nitrogens with one attached hydrogen (secondary N) is 1. The summed E-state index contributed by atoms with van der Waals surface area (Å²) in [6.07, 6.45) is 0. The van der Waals surface area contributed by atoms with Crippen LogP contribution in [0.1, 0.15) is 5.56 Å². The van der Waals surface area contributed by atoms with Crippen LogP contribution in [-0.2, 0) is 6.54 Å². The topological polar surface area (TPSA) is 38.0 Å². The molecule has 1 aromatic rings. The molecule has 1 aromatic carbocycles. The Labute approximate surface area is 83.6 Å². The van der Waals surface area contributed by atoms with Crippen molar-refractivity contribution in [3.63, 3.8) is 0 Å². The lowest BCUT2D eigenvalue weighted by Crippen LogP contribution is -2.20. The molecule has 0 fully saturated rings. The van der Waals surface area contributed by atoms with Gasteiger partial charge in [0.15, 0.2) is 0 Å². The Kier molecular flexibility index (Phi) is 3.79. The van der Waals surface area contributed by atoms with Crippen LogP contribution < -0.4 is 11.3 Å². The third kappa shape index (κ3) is 3.99. The van der Waals surface area contributed by atoms with Crippen molar-refractivity contribution in [1.29, 1.82) is 0 Å². The Hall–Kier alpha value is -0.720. The first kappa shape index (κ1) is 11.4. The molecule has 0 aromatic heterocycles. The van der Waals surface area contributed by atoms with E-state index in [2.05, 4.69) is 5.43 Å². The summed E-state index contributed by atoms with van der Waals surface area (Å²) in [5, 5.41) is 0. The Bertz CT molecular complexity index is 284. The number of hydrazine groups is 1. The van der Waals surface area contributed by atoms with Crippen LogP contribution in [0.3, 0.4) is 0 Å². The maximum Gasteiger partial charge on any atom is 0.446 e. The van der Waals surface area contributed by atoms with E-state index in [9.17, 15) is 13.2 Å². The lowest BCUT2D eigenvalue weighted by Gasteiger charge is -2.06. The molecule has 78 valence electrons. The van der Waals surface area contributed by atoms with Crippen molar-refractivity contribution < 1.29 is 13.2 Å². The molecule has 14 heavy (non-hydrogen) atoms. The summed E-state index contributed by atoms with van der Waals surface area (Å²) in [7, 11) is 0. The van der Waals surface area contributed by atoms with E-state index in [1.165, 1.54) is 12.1 Å². The fourth-order valence-corrected chi connectivity index (χ4v) is 1.47. The van der Waals surface area contributed by atoms with E-state index in [0.717, 1.165) is 5.56 Å². The lowest BCUT2D eigenvalue weighted by atomic mass is 10.2. The molecular weight excluding hydrogens is 213 g/mol. The number of rotatable bonds is 3. The van der Waals surface area contributed by atoms with Crippen molar-refractivity contribution in [2.75, 3.05) is 0 Å². The molecule has 0 atom stereocenters. The van der Waals surface area contributed by atoms with Crippen LogP contribution in [-0.4, -0.2) is 5.51 Å². The molecule has 0 unspecified atom stereocenters. The predicted octanol–water partition coefficient (Wildman–Crippen LogP) is 2.26. The second-order valence-electron chi connectivity index (χ2n) is 2.57. The number of hydrogen-bond acceptors (Lipinski definition) is 3. The second kappa shape index (κ2) is 4.68. The molecule has 0 radical (unpaired) electrons. The summed E-state index contributed by atoms with van der Waals surface area (Å²) in [6.45, 7) is 0.441. The standard InChI is InChI=1S/C8H9F3N2S/c9-8(10,11)14-7-3-1-6(2-4-7)5-13-12/h1-4,13H,5,12H2. The summed E-state index contributed by atoms with van der Waals surface area (Å²) >= 11 is -0.124. The Morgan fingerprint density at radius 2 is 1.79 bits per heavy atom. The maximum absolute atomic E-state index is 11.9. The number of hydrogen-bond donors (Lipinski definition) is 2. The van der Waals surface area contributed by atoms with Gasteiger partial charge in [0.1, 0.15) is 0 Å². The van der Waals surface area contributed by atoms with Crippen LogP contribution in [0.4, 0.5) is 13.2 Å². The quantitative estimate of drug-likeness (QED) is 0.468. The minimum Gasteiger partial charge on any atom is -0.271 e. The molecule has 0 aliphatic carbocycles. The lowest BCUT2D eigenvalue weighted by molar-refractivity contribution is -0.0328. The van der Waals surface area contributed by atoms with E-state index in [1.807, 2.05) is 0 Å². The van der Waals surface area contributed by atoms with Gasteiger partial charge in [-0.1, -0.05) is 12.1 Å². The van der Waals surface area contributed by atoms with Gasteiger partial charge in [-0.3, -0.25) is 11.3 Å². The highest BCUT2D eigenvalue weighted by Crippen LogP contribution is 2.36. The molecule has 0 aliphatic heterocycles. The minimum absolute atomic E-state index is 0.124. The Balaban J connectivity index is 2.64. The van der Waals surface area contributed by atoms with Crippen molar-refractivity contribution >= 4 is 11.8 Å². The number of nitrogens with two attached hydrogens (primary N) is 1. The zero-order valence-electron chi connectivity index (χ0n) is 7.14. The average Bonchev–Trinajstić information content (AvgIpc) is 2.06. The normalized spacial score (nSPS) is 11.7. The SMILES string of the molecule is NNCc1ccc(SC(F)(F)F)cc1. The zero-order valence-corrected chi connectivity index (χ0v) is 7.95. The molecule has 0 saturated carbocycles. The van der Waals surface area contributed by atoms with E-state index in [-0.39, 0.29) is 16.7 Å². The van der Waals surface area contributed by atoms with Gasteiger partial charge in [-0.05, 0) is 29.5 Å². The second-order valence-corrected chi connectivity index (χ2v) is 3.71. The van der Waals surface area contributed by atoms with Crippen molar-refractivity contribution in [2.24, 2.45) is 5.84 Å². The average molecular weight is 222 g/mol. The van der Waals surface area contributed by atoms with Gasteiger partial charge in [-0.2, -0.15) is 13.2 Å². The third-order valence-electron chi connectivity index (χ3n) is 1.46. The van der Waals surface area contributed by atoms with Gasteiger partial charge < -0.3 is 0 Å². The number of thioether (sulfide) groups is 1. The van der Waals surface area contributed by atoms with Gasteiger partial charge in [0, 0.05) is 11.4 Å². The Morgan fingerprint density at radius 3 is 2.21 bits per heavy atom. The molecule has 0 saturated heterocycles. The zero-order chi connectivity index (χ0) is 10.6. The van der Waals surface area contributed by atoms with E-state index < -0.39 is 5.51 Å². The molecule has 3 N–H and O–H groups in total. The summed E-state index contributed by atoms with van der Waals surface area (Å²) in [5.41, 5.74) is -0.960. The smallest absolute Gasteiger partial charge is 0.271 e. The van der Waals surface area contributed by atoms with Gasteiger partial charge in [0.05, 0.1) is 0 Å². The maximum atomic E-state index is 11.9. The summed E-state index contributed by atoms with van der Waals surface area (Å²) in [6, 6.07) is 6.05. The first-order valence-electron chi connectivity index (χ1n) is 3.79. The molecule has 0 amide bonds. The largest absolute Gasteiger partial charge is 0.446 e. The van der Waals surface area contributed by atoms with Gasteiger partial charge in [0.2, 0.25) is 0 Å². The molecule has 1 rings (SSSR count). The highest BCUT2D eigenvalue weighted by atomic mass is 32.2. The van der Waals surface area contributed by atoms with Crippen LogP contribution in [0, 0.1) is 0 Å². The predicted molar refractivity (Wildman–Crippen MR) is 49.4 cm³/mol. The Morgan fingerprint density at radius 1 is 1.21 bits per heavy atom. The molecule has 0 bridgehead atoms. The fourth-order valence-electron chi connectivity index (χ4n) is 0.927. The van der Waals surface area contributed by atoms with E-state index in [4.69, 9.17) is 5.84 Å². The fraction of sp³-hybridized carbons (Fsp3) is 0.250. The van der Waals surface area contributed by atoms with Crippen LogP contribution in [0.15, 0.2) is 29.2 Å². The van der Waals surface area contributed by atoms with Crippen LogP contribution in [0.5, 0.6) is 0 Å². The van der Waals surface area contributed by atoms with Crippen molar-refractivity contribution in [3.05, 3.63) is 29.8 Å². The van der Waals surface area contributed by atoms with Crippen molar-refractivity contribution in [1.82, 2.24) is 5.43 Å². The summed E-state index contributed by atoms with van der Waals surface area (Å²) in [4.78, 5) is 0.179. The highest BCUT2D eigenvalue weighted by Gasteiger charge is 2.28. The molecule has 6 heteroatoms. The van der Waals surface area contributed by atoms with Crippen LogP contribution >= 0.6 is 11.8 Å². The number of benzene rings is 1. The van der Waals surface area contributed by atoms with E-state index >= 15 is 0 Å². The molecule has 0 aliphatic rings. The van der Waals surface area contributed by atoms with Gasteiger partial charge in [0.25, 0.3) is 0 Å². The first-order chi connectivity index (χ1) is 6.51. The minimum atomic E-state index is -4.23. The van der Waals surface area contributed by atoms with E-state index in [0.29, 0.717) is 6.54 Å². The molecular formula is C8H9F3N2S. The summed E-state index contributed by atoms with van der Waals surface area (Å²) < 4.78 is 35.8. The number of halogens is 3. The first-order valence-corrected chi connectivity index (χ1v) is 4.61. The monoisotopic (exact) mass is 222 g/mol. The van der Waals surface area contributed by atoms with Crippen LogP contribution in [0.2, 0.25) is 0 Å². The van der Waals surface area contributed by atoms with Crippen molar-refractivity contribution in [3.8, 4) is 0 Å². The summed E-state index contributed by atoms with van der Waals surface area (Å²) in [5.74, 6) is 5.07. The molecule has 0 spiro atoms. The highest BCUT2D eigenvalue weighted by molar-refractivity contribution is 8.00. The van der Waals surface area contributed by atoms with Gasteiger partial charge >= 0.3 is 5.51 Å².